The third-order valence-electron chi connectivity index (χ3n) is 5.53. The second-order valence-electron chi connectivity index (χ2n) is 8.36. The quantitative estimate of drug-likeness (QED) is 0.859. The molecule has 124 valence electrons. The van der Waals surface area contributed by atoms with Gasteiger partial charge in [-0.15, -0.1) is 0 Å². The van der Waals surface area contributed by atoms with E-state index in [2.05, 4.69) is 39.9 Å². The molecular weight excluding hydrogens is 262 g/mol. The highest BCUT2D eigenvalue weighted by molar-refractivity contribution is 4.91. The first kappa shape index (κ1) is 17.2. The third kappa shape index (κ3) is 4.94. The molecule has 1 spiro atoms. The molecule has 2 saturated heterocycles. The highest BCUT2D eigenvalue weighted by Crippen LogP contribution is 2.41. The molecule has 0 bridgehead atoms. The summed E-state index contributed by atoms with van der Waals surface area (Å²) in [6.07, 6.45) is 4.64. The van der Waals surface area contributed by atoms with Gasteiger partial charge in [-0.1, -0.05) is 13.8 Å². The van der Waals surface area contributed by atoms with Gasteiger partial charge in [-0.3, -0.25) is 0 Å². The van der Waals surface area contributed by atoms with Crippen LogP contribution in [0.3, 0.4) is 0 Å². The molecule has 0 aromatic rings. The van der Waals surface area contributed by atoms with Crippen LogP contribution in [0, 0.1) is 17.8 Å². The molecule has 0 saturated carbocycles. The Balaban J connectivity index is 1.87. The fraction of sp³-hybridized carbons (Fsp3) is 1.00. The zero-order valence-electron chi connectivity index (χ0n) is 14.7. The smallest absolute Gasteiger partial charge is 0.0729 e. The first-order valence-corrected chi connectivity index (χ1v) is 8.78. The van der Waals surface area contributed by atoms with Crippen LogP contribution in [-0.2, 0) is 9.47 Å². The molecule has 0 aliphatic carbocycles. The molecule has 1 N–H and O–H groups in total. The molecule has 0 aromatic carbocycles. The number of hydrogen-bond acceptors (Lipinski definition) is 3. The second-order valence-corrected chi connectivity index (χ2v) is 8.36. The van der Waals surface area contributed by atoms with Crippen LogP contribution in [0.5, 0.6) is 0 Å². The molecule has 2 fully saturated rings. The van der Waals surface area contributed by atoms with Gasteiger partial charge in [-0.25, -0.2) is 0 Å². The summed E-state index contributed by atoms with van der Waals surface area (Å²) in [5, 5.41) is 3.66. The molecule has 21 heavy (non-hydrogen) atoms. The average Bonchev–Trinajstić information content (AvgIpc) is 2.44. The monoisotopic (exact) mass is 297 g/mol. The van der Waals surface area contributed by atoms with Gasteiger partial charge in [-0.2, -0.15) is 0 Å². The predicted octanol–water partition coefficient (Wildman–Crippen LogP) is 3.62. The minimum absolute atomic E-state index is 0.132. The lowest BCUT2D eigenvalue weighted by molar-refractivity contribution is -0.154. The molecule has 2 rings (SSSR count). The Hall–Kier alpha value is -0.120. The topological polar surface area (TPSA) is 30.5 Å². The molecule has 2 aliphatic heterocycles. The van der Waals surface area contributed by atoms with Crippen molar-refractivity contribution >= 4 is 0 Å². The van der Waals surface area contributed by atoms with Crippen molar-refractivity contribution in [2.24, 2.45) is 17.8 Å². The Morgan fingerprint density at radius 2 is 1.81 bits per heavy atom. The lowest BCUT2D eigenvalue weighted by Gasteiger charge is -2.46. The average molecular weight is 297 g/mol. The predicted molar refractivity (Wildman–Crippen MR) is 87.5 cm³/mol. The van der Waals surface area contributed by atoms with E-state index >= 15 is 0 Å². The summed E-state index contributed by atoms with van der Waals surface area (Å²) in [5.74, 6) is 2.27. The summed E-state index contributed by atoms with van der Waals surface area (Å²) < 4.78 is 11.7. The molecule has 3 heteroatoms. The van der Waals surface area contributed by atoms with Crippen LogP contribution in [0.4, 0.5) is 0 Å². The fourth-order valence-corrected chi connectivity index (χ4v) is 3.72. The summed E-state index contributed by atoms with van der Waals surface area (Å²) in [4.78, 5) is 0. The van der Waals surface area contributed by atoms with Gasteiger partial charge in [0, 0.05) is 25.4 Å². The van der Waals surface area contributed by atoms with Gasteiger partial charge in [0.05, 0.1) is 5.60 Å². The molecule has 3 atom stereocenters. The van der Waals surface area contributed by atoms with Gasteiger partial charge in [0.15, 0.2) is 0 Å². The maximum atomic E-state index is 6.19. The van der Waals surface area contributed by atoms with Crippen molar-refractivity contribution in [1.29, 1.82) is 0 Å². The fourth-order valence-electron chi connectivity index (χ4n) is 3.72. The summed E-state index contributed by atoms with van der Waals surface area (Å²) in [6.45, 7) is 15.4. The summed E-state index contributed by atoms with van der Waals surface area (Å²) >= 11 is 0. The lowest BCUT2D eigenvalue weighted by atomic mass is 9.72. The van der Waals surface area contributed by atoms with Gasteiger partial charge >= 0.3 is 0 Å². The largest absolute Gasteiger partial charge is 0.381 e. The SMILES string of the molecule is CC(CNC(C)(C)C)C(C)C1CCOC2(CCOCC2)C1. The highest BCUT2D eigenvalue weighted by Gasteiger charge is 2.41. The summed E-state index contributed by atoms with van der Waals surface area (Å²) in [7, 11) is 0. The Morgan fingerprint density at radius 3 is 2.43 bits per heavy atom. The van der Waals surface area contributed by atoms with Crippen molar-refractivity contribution in [3.63, 3.8) is 0 Å². The van der Waals surface area contributed by atoms with E-state index in [1.54, 1.807) is 0 Å². The van der Waals surface area contributed by atoms with Crippen molar-refractivity contribution in [3.8, 4) is 0 Å². The van der Waals surface area contributed by atoms with Crippen LogP contribution in [0.2, 0.25) is 0 Å². The maximum absolute atomic E-state index is 6.19. The van der Waals surface area contributed by atoms with Crippen molar-refractivity contribution in [1.82, 2.24) is 5.32 Å². The van der Waals surface area contributed by atoms with Crippen molar-refractivity contribution < 1.29 is 9.47 Å². The van der Waals surface area contributed by atoms with E-state index in [9.17, 15) is 0 Å². The van der Waals surface area contributed by atoms with Crippen LogP contribution in [0.25, 0.3) is 0 Å². The normalized spacial score (nSPS) is 29.3. The molecule has 0 amide bonds. The van der Waals surface area contributed by atoms with E-state index in [0.29, 0.717) is 5.92 Å². The Kier molecular flexibility index (Phi) is 5.72. The number of nitrogens with one attached hydrogen (secondary N) is 1. The van der Waals surface area contributed by atoms with E-state index in [1.807, 2.05) is 0 Å². The van der Waals surface area contributed by atoms with Crippen molar-refractivity contribution in [2.75, 3.05) is 26.4 Å². The van der Waals surface area contributed by atoms with Crippen LogP contribution in [0.15, 0.2) is 0 Å². The molecule has 2 heterocycles. The molecule has 0 radical (unpaired) electrons. The summed E-state index contributed by atoms with van der Waals surface area (Å²) in [5.41, 5.74) is 0.345. The van der Waals surface area contributed by atoms with Crippen LogP contribution < -0.4 is 5.32 Å². The first-order valence-electron chi connectivity index (χ1n) is 8.78. The van der Waals surface area contributed by atoms with E-state index in [-0.39, 0.29) is 11.1 Å². The van der Waals surface area contributed by atoms with Crippen molar-refractivity contribution in [2.45, 2.75) is 71.4 Å². The van der Waals surface area contributed by atoms with Gasteiger partial charge < -0.3 is 14.8 Å². The minimum Gasteiger partial charge on any atom is -0.381 e. The molecule has 3 unspecified atom stereocenters. The molecule has 3 nitrogen and oxygen atoms in total. The Labute approximate surface area is 131 Å². The van der Waals surface area contributed by atoms with E-state index in [1.165, 1.54) is 12.8 Å². The van der Waals surface area contributed by atoms with E-state index < -0.39 is 0 Å². The zero-order chi connectivity index (χ0) is 15.5. The highest BCUT2D eigenvalue weighted by atomic mass is 16.5. The van der Waals surface area contributed by atoms with Crippen LogP contribution in [-0.4, -0.2) is 37.5 Å². The van der Waals surface area contributed by atoms with Crippen LogP contribution in [0.1, 0.15) is 60.3 Å². The standard InChI is InChI=1S/C18H35NO2/c1-14(13-19-17(3,4)5)15(2)16-6-9-21-18(12-16)7-10-20-11-8-18/h14-16,19H,6-13H2,1-5H3. The number of hydrogen-bond donors (Lipinski definition) is 1. The van der Waals surface area contributed by atoms with Gasteiger partial charge in [-0.05, 0) is 70.8 Å². The van der Waals surface area contributed by atoms with Gasteiger partial charge in [0.25, 0.3) is 0 Å². The minimum atomic E-state index is 0.132. The van der Waals surface area contributed by atoms with Gasteiger partial charge in [0.1, 0.15) is 0 Å². The molecule has 0 aromatic heterocycles. The second kappa shape index (κ2) is 6.97. The van der Waals surface area contributed by atoms with Gasteiger partial charge in [0.2, 0.25) is 0 Å². The third-order valence-corrected chi connectivity index (χ3v) is 5.53. The number of ether oxygens (including phenoxy) is 2. The van der Waals surface area contributed by atoms with Crippen molar-refractivity contribution in [3.05, 3.63) is 0 Å². The molecule has 2 aliphatic rings. The van der Waals surface area contributed by atoms with E-state index in [4.69, 9.17) is 9.47 Å². The Morgan fingerprint density at radius 1 is 1.14 bits per heavy atom. The summed E-state index contributed by atoms with van der Waals surface area (Å²) in [6, 6.07) is 0. The maximum Gasteiger partial charge on any atom is 0.0729 e. The molecular formula is C18H35NO2. The Bertz CT molecular complexity index is 312. The number of rotatable bonds is 4. The zero-order valence-corrected chi connectivity index (χ0v) is 14.7. The van der Waals surface area contributed by atoms with Crippen LogP contribution >= 0.6 is 0 Å². The van der Waals surface area contributed by atoms with E-state index in [0.717, 1.165) is 51.0 Å². The first-order chi connectivity index (χ1) is 9.81. The lowest BCUT2D eigenvalue weighted by Crippen LogP contribution is -2.47.